The van der Waals surface area contributed by atoms with Gasteiger partial charge in [0.2, 0.25) is 18.2 Å². The summed E-state index contributed by atoms with van der Waals surface area (Å²) >= 11 is 0. The van der Waals surface area contributed by atoms with Gasteiger partial charge in [-0.1, -0.05) is 45.7 Å². The average Bonchev–Trinajstić information content (AvgIpc) is 2.70. The first-order valence-corrected chi connectivity index (χ1v) is 10.8. The van der Waals surface area contributed by atoms with E-state index in [1.807, 2.05) is 27.7 Å². The van der Waals surface area contributed by atoms with Gasteiger partial charge in [0.05, 0.1) is 5.56 Å². The maximum atomic E-state index is 12.9. The SMILES string of the molecule is CCCC[C@H](NC=O)C(=O)N[C@@H](CC(C)C)C(=O)N[C@H](C)Cc1ccc(C(=O)O)cc1. The molecule has 0 saturated heterocycles. The summed E-state index contributed by atoms with van der Waals surface area (Å²) in [6.07, 6.45) is 3.71. The normalized spacial score (nSPS) is 13.7. The third-order valence-electron chi connectivity index (χ3n) is 4.90. The van der Waals surface area contributed by atoms with E-state index in [1.54, 1.807) is 12.1 Å². The van der Waals surface area contributed by atoms with Gasteiger partial charge in [0, 0.05) is 6.04 Å². The average molecular weight is 434 g/mol. The highest BCUT2D eigenvalue weighted by Gasteiger charge is 2.26. The molecule has 3 amide bonds. The van der Waals surface area contributed by atoms with E-state index in [2.05, 4.69) is 16.0 Å². The van der Waals surface area contributed by atoms with Gasteiger partial charge in [-0.3, -0.25) is 14.4 Å². The van der Waals surface area contributed by atoms with Crippen LogP contribution in [-0.2, 0) is 20.8 Å². The number of carboxylic acid groups (broad SMARTS) is 1. The molecule has 1 aromatic carbocycles. The number of aromatic carboxylic acids is 1. The van der Waals surface area contributed by atoms with E-state index in [1.165, 1.54) is 12.1 Å². The largest absolute Gasteiger partial charge is 0.478 e. The summed E-state index contributed by atoms with van der Waals surface area (Å²) in [6, 6.07) is 4.94. The number of nitrogens with one attached hydrogen (secondary N) is 3. The Bertz CT molecular complexity index is 733. The minimum atomic E-state index is -0.985. The summed E-state index contributed by atoms with van der Waals surface area (Å²) in [4.78, 5) is 47.3. The maximum absolute atomic E-state index is 12.9. The number of amides is 3. The smallest absolute Gasteiger partial charge is 0.335 e. The van der Waals surface area contributed by atoms with Crippen LogP contribution < -0.4 is 16.0 Å². The zero-order valence-electron chi connectivity index (χ0n) is 18.8. The van der Waals surface area contributed by atoms with E-state index < -0.39 is 18.1 Å². The van der Waals surface area contributed by atoms with Crippen LogP contribution in [0.1, 0.15) is 69.3 Å². The molecule has 31 heavy (non-hydrogen) atoms. The van der Waals surface area contributed by atoms with Crippen molar-refractivity contribution in [2.75, 3.05) is 0 Å². The molecule has 8 nitrogen and oxygen atoms in total. The van der Waals surface area contributed by atoms with Gasteiger partial charge in [-0.2, -0.15) is 0 Å². The second kappa shape index (κ2) is 13.4. The zero-order chi connectivity index (χ0) is 23.4. The Morgan fingerprint density at radius 3 is 2.13 bits per heavy atom. The van der Waals surface area contributed by atoms with E-state index in [4.69, 9.17) is 5.11 Å². The highest BCUT2D eigenvalue weighted by Crippen LogP contribution is 2.10. The van der Waals surface area contributed by atoms with Crippen molar-refractivity contribution in [1.29, 1.82) is 0 Å². The zero-order valence-corrected chi connectivity index (χ0v) is 18.8. The first kappa shape index (κ1) is 26.1. The molecule has 1 aromatic rings. The number of hydrogen-bond donors (Lipinski definition) is 4. The lowest BCUT2D eigenvalue weighted by Gasteiger charge is -2.25. The van der Waals surface area contributed by atoms with Crippen LogP contribution in [0.2, 0.25) is 0 Å². The van der Waals surface area contributed by atoms with Gasteiger partial charge in [0.25, 0.3) is 0 Å². The number of carboxylic acids is 1. The molecule has 0 spiro atoms. The fourth-order valence-corrected chi connectivity index (χ4v) is 3.29. The van der Waals surface area contributed by atoms with Crippen molar-refractivity contribution in [3.8, 4) is 0 Å². The van der Waals surface area contributed by atoms with Gasteiger partial charge in [-0.15, -0.1) is 0 Å². The number of rotatable bonds is 14. The van der Waals surface area contributed by atoms with Crippen LogP contribution in [0.15, 0.2) is 24.3 Å². The van der Waals surface area contributed by atoms with Crippen LogP contribution >= 0.6 is 0 Å². The van der Waals surface area contributed by atoms with E-state index in [0.717, 1.165) is 18.4 Å². The Morgan fingerprint density at radius 2 is 1.61 bits per heavy atom. The van der Waals surface area contributed by atoms with Gasteiger partial charge < -0.3 is 21.1 Å². The number of benzene rings is 1. The fraction of sp³-hybridized carbons (Fsp3) is 0.565. The molecule has 0 aliphatic rings. The lowest BCUT2D eigenvalue weighted by Crippen LogP contribution is -2.54. The Balaban J connectivity index is 2.76. The van der Waals surface area contributed by atoms with Gasteiger partial charge in [-0.25, -0.2) is 4.79 Å². The first-order chi connectivity index (χ1) is 14.7. The molecule has 0 unspecified atom stereocenters. The third kappa shape index (κ3) is 9.63. The van der Waals surface area contributed by atoms with E-state index in [0.29, 0.717) is 25.7 Å². The second-order valence-electron chi connectivity index (χ2n) is 8.29. The Labute approximate surface area is 184 Å². The molecule has 0 fully saturated rings. The molecule has 4 N–H and O–H groups in total. The van der Waals surface area contributed by atoms with Crippen LogP contribution in [0.3, 0.4) is 0 Å². The molecule has 0 bridgehead atoms. The predicted molar refractivity (Wildman–Crippen MR) is 119 cm³/mol. The highest BCUT2D eigenvalue weighted by molar-refractivity contribution is 5.90. The molecular formula is C23H35N3O5. The van der Waals surface area contributed by atoms with Crippen molar-refractivity contribution < 1.29 is 24.3 Å². The summed E-state index contributed by atoms with van der Waals surface area (Å²) in [6.45, 7) is 7.80. The standard InChI is InChI=1S/C23H35N3O5/c1-5-6-7-19(24-14-27)21(28)26-20(12-15(2)3)22(29)25-16(4)13-17-8-10-18(11-9-17)23(30)31/h8-11,14-16,19-20H,5-7,12-13H2,1-4H3,(H,24,27)(H,25,29)(H,26,28)(H,30,31)/t16-,19+,20+/m1/s1. The van der Waals surface area contributed by atoms with Gasteiger partial charge >= 0.3 is 5.97 Å². The van der Waals surface area contributed by atoms with E-state index >= 15 is 0 Å². The molecule has 1 rings (SSSR count). The molecule has 0 saturated carbocycles. The quantitative estimate of drug-likeness (QED) is 0.335. The predicted octanol–water partition coefficient (Wildman–Crippen LogP) is 2.27. The van der Waals surface area contributed by atoms with Crippen LogP contribution in [0, 0.1) is 5.92 Å². The number of carbonyl (C=O) groups is 4. The molecule has 0 aliphatic carbocycles. The molecule has 0 radical (unpaired) electrons. The summed E-state index contributed by atoms with van der Waals surface area (Å²) in [5, 5.41) is 17.2. The summed E-state index contributed by atoms with van der Waals surface area (Å²) in [7, 11) is 0. The van der Waals surface area contributed by atoms with E-state index in [9.17, 15) is 19.2 Å². The van der Waals surface area contributed by atoms with Crippen LogP contribution in [0.4, 0.5) is 0 Å². The van der Waals surface area contributed by atoms with E-state index in [-0.39, 0.29) is 29.3 Å². The number of carbonyl (C=O) groups excluding carboxylic acids is 3. The second-order valence-corrected chi connectivity index (χ2v) is 8.29. The van der Waals surface area contributed by atoms with Crippen molar-refractivity contribution in [1.82, 2.24) is 16.0 Å². The Morgan fingerprint density at radius 1 is 1.00 bits per heavy atom. The van der Waals surface area contributed by atoms with Gasteiger partial charge in [-0.05, 0) is 49.8 Å². The monoisotopic (exact) mass is 433 g/mol. The molecule has 172 valence electrons. The highest BCUT2D eigenvalue weighted by atomic mass is 16.4. The number of unbranched alkanes of at least 4 members (excludes halogenated alkanes) is 1. The molecule has 0 aromatic heterocycles. The van der Waals surface area contributed by atoms with Gasteiger partial charge in [0.15, 0.2) is 0 Å². The Hall–Kier alpha value is -2.90. The summed E-state index contributed by atoms with van der Waals surface area (Å²) in [5.74, 6) is -1.44. The lowest BCUT2D eigenvalue weighted by molar-refractivity contribution is -0.131. The van der Waals surface area contributed by atoms with Crippen molar-refractivity contribution in [3.63, 3.8) is 0 Å². The van der Waals surface area contributed by atoms with Crippen LogP contribution in [-0.4, -0.2) is 47.4 Å². The van der Waals surface area contributed by atoms with Crippen molar-refractivity contribution >= 4 is 24.2 Å². The number of hydrogen-bond acceptors (Lipinski definition) is 4. The van der Waals surface area contributed by atoms with Gasteiger partial charge in [0.1, 0.15) is 12.1 Å². The minimum Gasteiger partial charge on any atom is -0.478 e. The topological polar surface area (TPSA) is 125 Å². The summed E-state index contributed by atoms with van der Waals surface area (Å²) < 4.78 is 0. The van der Waals surface area contributed by atoms with Crippen molar-refractivity contribution in [2.45, 2.75) is 77.9 Å². The molecular weight excluding hydrogens is 398 g/mol. The van der Waals surface area contributed by atoms with Crippen molar-refractivity contribution in [2.24, 2.45) is 5.92 Å². The fourth-order valence-electron chi connectivity index (χ4n) is 3.29. The molecule has 8 heteroatoms. The molecule has 3 atom stereocenters. The third-order valence-corrected chi connectivity index (χ3v) is 4.90. The molecule has 0 aliphatic heterocycles. The lowest BCUT2D eigenvalue weighted by atomic mass is 10.0. The Kier molecular flexibility index (Phi) is 11.3. The van der Waals surface area contributed by atoms with Crippen LogP contribution in [0.5, 0.6) is 0 Å². The minimum absolute atomic E-state index is 0.183. The van der Waals surface area contributed by atoms with Crippen LogP contribution in [0.25, 0.3) is 0 Å². The van der Waals surface area contributed by atoms with Crippen molar-refractivity contribution in [3.05, 3.63) is 35.4 Å². The first-order valence-electron chi connectivity index (χ1n) is 10.8. The summed E-state index contributed by atoms with van der Waals surface area (Å²) in [5.41, 5.74) is 1.11. The molecule has 0 heterocycles. The maximum Gasteiger partial charge on any atom is 0.335 e.